The van der Waals surface area contributed by atoms with Crippen molar-refractivity contribution in [3.8, 4) is 0 Å². The Hall–Kier alpha value is 0. The molecule has 0 N–H and O–H groups in total. The van der Waals surface area contributed by atoms with Crippen LogP contribution in [0.4, 0.5) is 0 Å². The lowest BCUT2D eigenvalue weighted by atomic mass is 9.59. The number of fused-ring (bicyclic) bond motifs is 23. The summed E-state index contributed by atoms with van der Waals surface area (Å²) in [6, 6.07) is 0. The lowest BCUT2D eigenvalue weighted by Gasteiger charge is -2.46. The van der Waals surface area contributed by atoms with Crippen LogP contribution in [0.2, 0.25) is 0 Å². The highest BCUT2D eigenvalue weighted by atomic mass is 14.7. The highest BCUT2D eigenvalue weighted by molar-refractivity contribution is 5.10. The SMILES string of the molecule is [2H]C([2H])(C(C)(C)C)C12CCC(CC1)C2.[2H]C([2H])(C1C2CCC1CC2)C(C)(C)C.[2H]C([2H])(C1CC2CC(C2)C1)C(C)(C)C.[2H]C([2H])(C1CC2CCC(C2)C1)C(C)(C)C.[2H]C([2H])(C1CC2CCC1(C)C2(C)C)C(C)(C)C.[2H]C([2H])(C1CC2CCC1CC2)C(C)(C)C.[2H]C([2H])(C1CC2CCCCC(CCC2)C1)C(C)(C)C.[2H]C([2H])(C1CCC2CC(C2)C1)C(C)(C)C. The fraction of sp³-hybridized carbons (Fsp3) is 1.00. The van der Waals surface area contributed by atoms with Gasteiger partial charge in [0.15, 0.2) is 0 Å². The van der Waals surface area contributed by atoms with E-state index in [0.29, 0.717) is 52.8 Å². The minimum Gasteiger partial charge on any atom is -0.0602 e. The first-order chi connectivity index (χ1) is 55.6. The standard InChI is InChI=1S/C17H32.C15H28.3C13H24.3C12H22/c1-17(2,3)13-16-11-14-7-4-5-8-15(12-16)10-6-9-14;1-13(2,3)10-12-9-11-7-8-15(12,6)14(11,4)5;1-13(2,3)9-12-8-10-4-6-11(12)7-5-10;1-13(2,3)9-11-5-4-10-6-12(7-10)8-11;1-13(2,3)9-12-7-10-4-5-11(6-10)8-12;1-12(2,3)8-11-6-9-4-10(5-9)7-11;1-11(2,3)9-12-6-4-10(8-12)5-7-12;1-12(2,3)8-11-9-4-5-10(11)7-6-9/h14-16H,4-13H2,1-3H3;11-12H,7-10H2,1-6H3;3*10-12H,4-9H2,1-3H3;9-11H,4-8H2,1-3H3;10H,4-9H2,1-3H3;9-11H,4-8H2,1-3H3/i13D2;10D2;3*9D2;8D2;9D2;8D2. The molecule has 0 aromatic carbocycles. The molecule has 20 aliphatic rings. The first-order valence-corrected chi connectivity index (χ1v) is 47.6. The Morgan fingerprint density at radius 2 is 0.607 bits per heavy atom. The van der Waals surface area contributed by atoms with Crippen LogP contribution in [0, 0.1) is 184 Å². The van der Waals surface area contributed by atoms with Gasteiger partial charge < -0.3 is 0 Å². The van der Waals surface area contributed by atoms with Crippen molar-refractivity contribution in [2.24, 2.45) is 184 Å². The highest BCUT2D eigenvalue weighted by Crippen LogP contribution is 2.70. The lowest BCUT2D eigenvalue weighted by molar-refractivity contribution is 0.0484. The molecule has 0 aromatic rings. The summed E-state index contributed by atoms with van der Waals surface area (Å²) in [5, 5.41) is 0. The minimum atomic E-state index is -1.06. The molecule has 107 heavy (non-hydrogen) atoms. The third-order valence-electron chi connectivity index (χ3n) is 30.7. The molecule has 0 heteroatoms. The molecule has 16 bridgehead atoms. The van der Waals surface area contributed by atoms with Gasteiger partial charge in [-0.3, -0.25) is 0 Å². The maximum Gasteiger partial charge on any atom is 0.0278 e. The van der Waals surface area contributed by atoms with Crippen molar-refractivity contribution in [3.05, 3.63) is 0 Å². The summed E-state index contributed by atoms with van der Waals surface area (Å²) >= 11 is 0. The molecule has 0 aromatic heterocycles. The second-order valence-electron chi connectivity index (χ2n) is 50.5. The fourth-order valence-corrected chi connectivity index (χ4v) is 26.3. The zero-order chi connectivity index (χ0) is 92.9. The summed E-state index contributed by atoms with van der Waals surface area (Å²) in [6.07, 6.45) is 42.7. The van der Waals surface area contributed by atoms with Crippen LogP contribution in [0.25, 0.3) is 0 Å². The molecule has 9 atom stereocenters. The summed E-state index contributed by atoms with van der Waals surface area (Å²) in [5.41, 5.74) is -1.24. The second-order valence-corrected chi connectivity index (χ2v) is 50.5. The summed E-state index contributed by atoms with van der Waals surface area (Å²) in [5.74, 6) is 13.3. The number of hydrogen-bond donors (Lipinski definition) is 0. The Balaban J connectivity index is 0.000000160. The van der Waals surface area contributed by atoms with Crippen molar-refractivity contribution in [2.75, 3.05) is 0 Å². The van der Waals surface area contributed by atoms with Gasteiger partial charge in [-0.15, -0.1) is 0 Å². The molecule has 0 saturated heterocycles. The molecule has 0 aliphatic heterocycles. The zero-order valence-corrected chi connectivity index (χ0v) is 76.9. The van der Waals surface area contributed by atoms with Gasteiger partial charge in [0, 0.05) is 21.9 Å². The largest absolute Gasteiger partial charge is 0.0602 e. The van der Waals surface area contributed by atoms with E-state index in [-0.39, 0.29) is 66.0 Å². The monoisotopic (exact) mass is 1500 g/mol. The van der Waals surface area contributed by atoms with Crippen molar-refractivity contribution in [1.29, 1.82) is 0 Å². The van der Waals surface area contributed by atoms with E-state index in [9.17, 15) is 0 Å². The summed E-state index contributed by atoms with van der Waals surface area (Å²) in [4.78, 5) is 0. The van der Waals surface area contributed by atoms with Gasteiger partial charge in [-0.1, -0.05) is 270 Å². The van der Waals surface area contributed by atoms with Gasteiger partial charge in [0.2, 0.25) is 0 Å². The molecule has 9 unspecified atom stereocenters. The van der Waals surface area contributed by atoms with Gasteiger partial charge in [-0.25, -0.2) is 0 Å². The Bertz CT molecular complexity index is 3200. The van der Waals surface area contributed by atoms with Crippen molar-refractivity contribution in [2.45, 2.75) is 495 Å². The zero-order valence-electron chi connectivity index (χ0n) is 92.9. The molecule has 0 spiro atoms. The van der Waals surface area contributed by atoms with E-state index < -0.39 is 51.0 Å². The van der Waals surface area contributed by atoms with E-state index in [1.54, 1.807) is 0 Å². The summed E-state index contributed by atoms with van der Waals surface area (Å²) in [6.45, 7) is 56.3. The van der Waals surface area contributed by atoms with Crippen LogP contribution in [0.3, 0.4) is 0 Å². The Morgan fingerprint density at radius 1 is 0.262 bits per heavy atom. The van der Waals surface area contributed by atoms with Gasteiger partial charge in [0.1, 0.15) is 0 Å². The topological polar surface area (TPSA) is 0 Å². The van der Waals surface area contributed by atoms with Crippen LogP contribution in [0.15, 0.2) is 0 Å². The molecule has 626 valence electrons. The minimum absolute atomic E-state index is 0.0237. The maximum absolute atomic E-state index is 8.66. The molecule has 20 rings (SSSR count). The molecule has 20 aliphatic carbocycles. The van der Waals surface area contributed by atoms with Gasteiger partial charge in [0.25, 0.3) is 0 Å². The highest BCUT2D eigenvalue weighted by Gasteiger charge is 2.61. The maximum atomic E-state index is 8.66. The van der Waals surface area contributed by atoms with E-state index in [2.05, 4.69) is 83.1 Å². The molecule has 0 heterocycles. The lowest BCUT2D eigenvalue weighted by Crippen LogP contribution is -2.35. The summed E-state index contributed by atoms with van der Waals surface area (Å²) < 4.78 is 135. The third-order valence-corrected chi connectivity index (χ3v) is 30.7. The van der Waals surface area contributed by atoms with Crippen LogP contribution in [0.5, 0.6) is 0 Å². The molecule has 0 nitrogen and oxygen atoms in total. The molecular formula is C107H198. The van der Waals surface area contributed by atoms with Gasteiger partial charge in [-0.2, -0.15) is 0 Å². The van der Waals surface area contributed by atoms with Crippen molar-refractivity contribution < 1.29 is 21.9 Å². The first kappa shape index (κ1) is 70.1. The molecule has 20 saturated carbocycles. The van der Waals surface area contributed by atoms with Crippen LogP contribution in [0.1, 0.15) is 517 Å². The van der Waals surface area contributed by atoms with E-state index in [1.807, 2.05) is 104 Å². The fourth-order valence-electron chi connectivity index (χ4n) is 26.3. The Morgan fingerprint density at radius 3 is 0.981 bits per heavy atom. The van der Waals surface area contributed by atoms with Gasteiger partial charge in [0.05, 0.1) is 0 Å². The smallest absolute Gasteiger partial charge is 0.0278 e. The predicted molar refractivity (Wildman–Crippen MR) is 475 cm³/mol. The average molecular weight is 1500 g/mol. The summed E-state index contributed by atoms with van der Waals surface area (Å²) in [7, 11) is 0. The van der Waals surface area contributed by atoms with Gasteiger partial charge >= 0.3 is 0 Å². The van der Waals surface area contributed by atoms with Crippen LogP contribution in [-0.4, -0.2) is 0 Å². The van der Waals surface area contributed by atoms with E-state index >= 15 is 0 Å². The van der Waals surface area contributed by atoms with E-state index in [0.717, 1.165) is 149 Å². The normalized spacial score (nSPS) is 43.2. The first-order valence-electron chi connectivity index (χ1n) is 55.6. The van der Waals surface area contributed by atoms with Crippen LogP contribution in [-0.2, 0) is 0 Å². The Kier molecular flexibility index (Phi) is 24.4. The Labute approximate surface area is 697 Å². The van der Waals surface area contributed by atoms with E-state index in [4.69, 9.17) is 21.9 Å². The van der Waals surface area contributed by atoms with Crippen molar-refractivity contribution in [3.63, 3.8) is 0 Å². The molecule has 0 radical (unpaired) electrons. The predicted octanol–water partition coefficient (Wildman–Crippen LogP) is 35.2. The van der Waals surface area contributed by atoms with Crippen molar-refractivity contribution in [1.82, 2.24) is 0 Å². The van der Waals surface area contributed by atoms with Crippen LogP contribution >= 0.6 is 0 Å². The van der Waals surface area contributed by atoms with Crippen LogP contribution < -0.4 is 0 Å². The third kappa shape index (κ3) is 29.8. The number of hydrogen-bond acceptors (Lipinski definition) is 0. The van der Waals surface area contributed by atoms with E-state index in [1.165, 1.54) is 173 Å². The number of rotatable bonds is 8. The quantitative estimate of drug-likeness (QED) is 0.227. The van der Waals surface area contributed by atoms with Gasteiger partial charge in [-0.05, 0) is 408 Å². The molecule has 0 amide bonds. The average Bonchev–Trinajstić information content (AvgIpc) is 1.59. The molecular weight excluding hydrogens is 1290 g/mol. The van der Waals surface area contributed by atoms with Crippen molar-refractivity contribution >= 4 is 0 Å². The molecule has 20 fully saturated rings. The second kappa shape index (κ2) is 37.3.